The zero-order valence-corrected chi connectivity index (χ0v) is 15.4. The van der Waals surface area contributed by atoms with Gasteiger partial charge in [-0.2, -0.15) is 0 Å². The van der Waals surface area contributed by atoms with Crippen LogP contribution in [0.5, 0.6) is 0 Å². The second-order valence-corrected chi connectivity index (χ2v) is 6.65. The SMILES string of the molecule is O=C(NCc1ccc2c(c1)CCN2C(=O)c1ccccc1)NCc1ccco1. The number of amides is 3. The van der Waals surface area contributed by atoms with Crippen LogP contribution >= 0.6 is 0 Å². The normalized spacial score (nSPS) is 12.5. The number of nitrogens with zero attached hydrogens (tertiary/aromatic N) is 1. The Kier molecular flexibility index (Phi) is 5.10. The van der Waals surface area contributed by atoms with E-state index in [0.29, 0.717) is 31.0 Å². The van der Waals surface area contributed by atoms with Crippen molar-refractivity contribution in [2.24, 2.45) is 0 Å². The van der Waals surface area contributed by atoms with Crippen molar-refractivity contribution in [3.8, 4) is 0 Å². The highest BCUT2D eigenvalue weighted by molar-refractivity contribution is 6.07. The summed E-state index contributed by atoms with van der Waals surface area (Å²) in [6.45, 7) is 1.44. The number of fused-ring (bicyclic) bond motifs is 1. The van der Waals surface area contributed by atoms with E-state index in [2.05, 4.69) is 16.7 Å². The number of carbonyl (C=O) groups is 2. The van der Waals surface area contributed by atoms with Gasteiger partial charge in [-0.15, -0.1) is 0 Å². The predicted octanol–water partition coefficient (Wildman–Crippen LogP) is 3.48. The molecule has 28 heavy (non-hydrogen) atoms. The highest BCUT2D eigenvalue weighted by atomic mass is 16.3. The minimum absolute atomic E-state index is 0.0162. The molecule has 0 atom stereocenters. The van der Waals surface area contributed by atoms with Crippen molar-refractivity contribution < 1.29 is 14.0 Å². The Bertz CT molecular complexity index is 968. The fourth-order valence-electron chi connectivity index (χ4n) is 3.34. The van der Waals surface area contributed by atoms with E-state index >= 15 is 0 Å². The third-order valence-corrected chi connectivity index (χ3v) is 4.76. The molecule has 1 aliphatic heterocycles. The highest BCUT2D eigenvalue weighted by Gasteiger charge is 2.25. The number of hydrogen-bond donors (Lipinski definition) is 2. The summed E-state index contributed by atoms with van der Waals surface area (Å²) >= 11 is 0. The van der Waals surface area contributed by atoms with Crippen molar-refractivity contribution in [1.29, 1.82) is 0 Å². The molecule has 1 aromatic heterocycles. The molecule has 0 fully saturated rings. The van der Waals surface area contributed by atoms with Crippen LogP contribution in [0.4, 0.5) is 10.5 Å². The average molecular weight is 375 g/mol. The number of carbonyl (C=O) groups excluding carboxylic acids is 2. The maximum atomic E-state index is 12.7. The maximum absolute atomic E-state index is 12.7. The molecular weight excluding hydrogens is 354 g/mol. The molecule has 0 radical (unpaired) electrons. The van der Waals surface area contributed by atoms with Crippen molar-refractivity contribution in [1.82, 2.24) is 10.6 Å². The van der Waals surface area contributed by atoms with E-state index in [0.717, 1.165) is 23.2 Å². The summed E-state index contributed by atoms with van der Waals surface area (Å²) in [6.07, 6.45) is 2.39. The first-order valence-electron chi connectivity index (χ1n) is 9.23. The smallest absolute Gasteiger partial charge is 0.315 e. The van der Waals surface area contributed by atoms with Gasteiger partial charge in [0, 0.05) is 24.3 Å². The molecule has 6 nitrogen and oxygen atoms in total. The summed E-state index contributed by atoms with van der Waals surface area (Å²) in [5.41, 5.74) is 3.76. The second-order valence-electron chi connectivity index (χ2n) is 6.65. The number of benzene rings is 2. The van der Waals surface area contributed by atoms with E-state index < -0.39 is 0 Å². The summed E-state index contributed by atoms with van der Waals surface area (Å²) in [5, 5.41) is 5.59. The fourth-order valence-corrected chi connectivity index (χ4v) is 3.34. The number of rotatable bonds is 5. The monoisotopic (exact) mass is 375 g/mol. The lowest BCUT2D eigenvalue weighted by molar-refractivity contribution is 0.0989. The van der Waals surface area contributed by atoms with Gasteiger partial charge in [0.1, 0.15) is 5.76 Å². The molecule has 3 aromatic rings. The van der Waals surface area contributed by atoms with Gasteiger partial charge >= 0.3 is 6.03 Å². The largest absolute Gasteiger partial charge is 0.467 e. The van der Waals surface area contributed by atoms with Gasteiger partial charge in [0.2, 0.25) is 0 Å². The lowest BCUT2D eigenvalue weighted by atomic mass is 10.1. The molecule has 3 amide bonds. The minimum Gasteiger partial charge on any atom is -0.467 e. The topological polar surface area (TPSA) is 74.6 Å². The lowest BCUT2D eigenvalue weighted by Crippen LogP contribution is -2.34. The van der Waals surface area contributed by atoms with Crippen LogP contribution in [0.15, 0.2) is 71.3 Å². The van der Waals surface area contributed by atoms with Gasteiger partial charge in [-0.25, -0.2) is 4.79 Å². The molecule has 0 unspecified atom stereocenters. The number of urea groups is 1. The Morgan fingerprint density at radius 3 is 2.57 bits per heavy atom. The summed E-state index contributed by atoms with van der Waals surface area (Å²) in [4.78, 5) is 26.5. The van der Waals surface area contributed by atoms with Gasteiger partial charge in [-0.05, 0) is 47.9 Å². The molecular formula is C22H21N3O3. The highest BCUT2D eigenvalue weighted by Crippen LogP contribution is 2.30. The molecule has 2 aromatic carbocycles. The van der Waals surface area contributed by atoms with Crippen LogP contribution in [0.1, 0.15) is 27.2 Å². The molecule has 1 aliphatic rings. The number of hydrogen-bond acceptors (Lipinski definition) is 3. The molecule has 0 bridgehead atoms. The first kappa shape index (κ1) is 17.9. The van der Waals surface area contributed by atoms with E-state index in [1.807, 2.05) is 53.4 Å². The van der Waals surface area contributed by atoms with Gasteiger partial charge in [0.15, 0.2) is 0 Å². The van der Waals surface area contributed by atoms with Gasteiger partial charge < -0.3 is 20.0 Å². The third-order valence-electron chi connectivity index (χ3n) is 4.76. The van der Waals surface area contributed by atoms with Crippen LogP contribution in [0.3, 0.4) is 0 Å². The van der Waals surface area contributed by atoms with Crippen molar-refractivity contribution in [3.63, 3.8) is 0 Å². The van der Waals surface area contributed by atoms with E-state index in [9.17, 15) is 9.59 Å². The van der Waals surface area contributed by atoms with Crippen LogP contribution in [0.25, 0.3) is 0 Å². The quantitative estimate of drug-likeness (QED) is 0.717. The number of nitrogens with one attached hydrogen (secondary N) is 2. The summed E-state index contributed by atoms with van der Waals surface area (Å²) in [5.74, 6) is 0.721. The van der Waals surface area contributed by atoms with Gasteiger partial charge in [-0.1, -0.05) is 30.3 Å². The molecule has 142 valence electrons. The fraction of sp³-hybridized carbons (Fsp3) is 0.182. The molecule has 0 spiro atoms. The zero-order valence-electron chi connectivity index (χ0n) is 15.4. The van der Waals surface area contributed by atoms with Crippen molar-refractivity contribution in [2.75, 3.05) is 11.4 Å². The van der Waals surface area contributed by atoms with Crippen molar-refractivity contribution in [3.05, 3.63) is 89.4 Å². The third kappa shape index (κ3) is 3.91. The molecule has 0 aliphatic carbocycles. The summed E-state index contributed by atoms with van der Waals surface area (Å²) in [6, 6.07) is 18.6. The molecule has 2 heterocycles. The van der Waals surface area contributed by atoms with Crippen molar-refractivity contribution in [2.45, 2.75) is 19.5 Å². The van der Waals surface area contributed by atoms with Crippen LogP contribution in [0, 0.1) is 0 Å². The van der Waals surface area contributed by atoms with E-state index in [1.54, 1.807) is 12.3 Å². The summed E-state index contributed by atoms with van der Waals surface area (Å²) in [7, 11) is 0. The van der Waals surface area contributed by atoms with Gasteiger partial charge in [0.05, 0.1) is 12.8 Å². The maximum Gasteiger partial charge on any atom is 0.315 e. The molecule has 2 N–H and O–H groups in total. The Morgan fingerprint density at radius 2 is 1.79 bits per heavy atom. The van der Waals surface area contributed by atoms with Crippen molar-refractivity contribution >= 4 is 17.6 Å². The van der Waals surface area contributed by atoms with E-state index in [-0.39, 0.29) is 11.9 Å². The van der Waals surface area contributed by atoms with Crippen LogP contribution in [0.2, 0.25) is 0 Å². The van der Waals surface area contributed by atoms with E-state index in [1.165, 1.54) is 0 Å². The van der Waals surface area contributed by atoms with Crippen LogP contribution in [-0.2, 0) is 19.5 Å². The summed E-state index contributed by atoms with van der Waals surface area (Å²) < 4.78 is 5.18. The molecule has 4 rings (SSSR count). The Morgan fingerprint density at radius 1 is 0.964 bits per heavy atom. The number of furan rings is 1. The Balaban J connectivity index is 1.35. The first-order valence-corrected chi connectivity index (χ1v) is 9.23. The minimum atomic E-state index is -0.252. The first-order chi connectivity index (χ1) is 13.7. The lowest BCUT2D eigenvalue weighted by Gasteiger charge is -2.17. The van der Waals surface area contributed by atoms with Gasteiger partial charge in [0.25, 0.3) is 5.91 Å². The van der Waals surface area contributed by atoms with E-state index in [4.69, 9.17) is 4.42 Å². The molecule has 0 saturated carbocycles. The van der Waals surface area contributed by atoms with Crippen LogP contribution in [-0.4, -0.2) is 18.5 Å². The Hall–Kier alpha value is -3.54. The molecule has 0 saturated heterocycles. The second kappa shape index (κ2) is 8.00. The van der Waals surface area contributed by atoms with Crippen LogP contribution < -0.4 is 15.5 Å². The zero-order chi connectivity index (χ0) is 19.3. The molecule has 6 heteroatoms. The average Bonchev–Trinajstić information content (AvgIpc) is 3.40. The predicted molar refractivity (Wildman–Crippen MR) is 106 cm³/mol. The Labute approximate surface area is 163 Å². The standard InChI is InChI=1S/C22H21N3O3/c26-21(17-5-2-1-3-6-17)25-11-10-18-13-16(8-9-20(18)25)14-23-22(27)24-15-19-7-4-12-28-19/h1-9,12-13H,10-11,14-15H2,(H2,23,24,27). The number of anilines is 1. The van der Waals surface area contributed by atoms with Gasteiger partial charge in [-0.3, -0.25) is 4.79 Å².